The number of halogens is 1. The van der Waals surface area contributed by atoms with Gasteiger partial charge in [-0.1, -0.05) is 25.4 Å². The van der Waals surface area contributed by atoms with Gasteiger partial charge in [0.25, 0.3) is 0 Å². The second kappa shape index (κ2) is 7.26. The minimum Gasteiger partial charge on any atom is -0.314 e. The minimum absolute atomic E-state index is 0.642. The van der Waals surface area contributed by atoms with Gasteiger partial charge in [0.1, 0.15) is 0 Å². The van der Waals surface area contributed by atoms with Crippen molar-refractivity contribution >= 4 is 22.9 Å². The van der Waals surface area contributed by atoms with Crippen molar-refractivity contribution < 1.29 is 0 Å². The summed E-state index contributed by atoms with van der Waals surface area (Å²) in [6.45, 7) is 5.57. The first kappa shape index (κ1) is 13.0. The zero-order valence-corrected chi connectivity index (χ0v) is 11.1. The predicted molar refractivity (Wildman–Crippen MR) is 70.0 cm³/mol. The molecule has 0 aliphatic rings. The van der Waals surface area contributed by atoms with E-state index in [1.54, 1.807) is 11.3 Å². The van der Waals surface area contributed by atoms with Crippen LogP contribution in [-0.2, 0) is 6.42 Å². The molecule has 1 unspecified atom stereocenters. The van der Waals surface area contributed by atoms with Gasteiger partial charge in [-0.05, 0) is 43.7 Å². The lowest BCUT2D eigenvalue weighted by molar-refractivity contribution is 0.469. The van der Waals surface area contributed by atoms with Gasteiger partial charge in [0.2, 0.25) is 0 Å². The third kappa shape index (κ3) is 4.54. The highest BCUT2D eigenvalue weighted by Gasteiger charge is 2.07. The maximum Gasteiger partial charge on any atom is 0.0544 e. The standard InChI is InChI=1S/C12H20ClNS/c1-3-8-14-10(4-2)5-6-12-11(13)7-9-15-12/h7,9-10,14H,3-6,8H2,1-2H3. The molecule has 1 nitrogen and oxygen atoms in total. The quantitative estimate of drug-likeness (QED) is 0.762. The van der Waals surface area contributed by atoms with Crippen molar-refractivity contribution in [2.45, 2.75) is 45.6 Å². The summed E-state index contributed by atoms with van der Waals surface area (Å²) in [6, 6.07) is 2.63. The average molecular weight is 246 g/mol. The van der Waals surface area contributed by atoms with E-state index in [9.17, 15) is 0 Å². The number of rotatable bonds is 7. The maximum atomic E-state index is 6.06. The lowest BCUT2D eigenvalue weighted by Gasteiger charge is -2.15. The molecule has 0 bridgehead atoms. The van der Waals surface area contributed by atoms with Gasteiger partial charge >= 0.3 is 0 Å². The van der Waals surface area contributed by atoms with E-state index in [4.69, 9.17) is 11.6 Å². The number of aryl methyl sites for hydroxylation is 1. The molecule has 15 heavy (non-hydrogen) atoms. The molecule has 3 heteroatoms. The summed E-state index contributed by atoms with van der Waals surface area (Å²) in [7, 11) is 0. The Balaban J connectivity index is 2.31. The summed E-state index contributed by atoms with van der Waals surface area (Å²) in [5, 5.41) is 6.57. The summed E-state index contributed by atoms with van der Waals surface area (Å²) in [5.74, 6) is 0. The molecule has 1 rings (SSSR count). The molecule has 86 valence electrons. The van der Waals surface area contributed by atoms with E-state index >= 15 is 0 Å². The largest absolute Gasteiger partial charge is 0.314 e. The van der Waals surface area contributed by atoms with Crippen molar-refractivity contribution in [3.05, 3.63) is 21.3 Å². The van der Waals surface area contributed by atoms with Crippen LogP contribution in [0, 0.1) is 0 Å². The minimum atomic E-state index is 0.642. The first-order valence-electron chi connectivity index (χ1n) is 5.73. The molecule has 0 aliphatic carbocycles. The Bertz CT molecular complexity index is 272. The van der Waals surface area contributed by atoms with Gasteiger partial charge in [-0.25, -0.2) is 0 Å². The normalized spacial score (nSPS) is 13.0. The number of thiophene rings is 1. The topological polar surface area (TPSA) is 12.0 Å². The Labute approximate surface area is 102 Å². The Morgan fingerprint density at radius 1 is 1.47 bits per heavy atom. The Hall–Kier alpha value is -0.0500. The third-order valence-electron chi connectivity index (χ3n) is 2.59. The van der Waals surface area contributed by atoms with Crippen molar-refractivity contribution in [2.75, 3.05) is 6.54 Å². The third-order valence-corrected chi connectivity index (χ3v) is 4.03. The molecular weight excluding hydrogens is 226 g/mol. The Morgan fingerprint density at radius 2 is 2.27 bits per heavy atom. The first-order valence-corrected chi connectivity index (χ1v) is 6.98. The highest BCUT2D eigenvalue weighted by Crippen LogP contribution is 2.23. The van der Waals surface area contributed by atoms with Gasteiger partial charge in [-0.2, -0.15) is 0 Å². The summed E-state index contributed by atoms with van der Waals surface area (Å²) in [4.78, 5) is 1.33. The van der Waals surface area contributed by atoms with Gasteiger partial charge in [0.05, 0.1) is 5.02 Å². The van der Waals surface area contributed by atoms with E-state index in [1.807, 2.05) is 6.07 Å². The SMILES string of the molecule is CCCNC(CC)CCc1sccc1Cl. The number of hydrogen-bond donors (Lipinski definition) is 1. The van der Waals surface area contributed by atoms with Gasteiger partial charge in [0.15, 0.2) is 0 Å². The van der Waals surface area contributed by atoms with Crippen LogP contribution in [0.15, 0.2) is 11.4 Å². The fourth-order valence-electron chi connectivity index (χ4n) is 1.61. The second-order valence-corrected chi connectivity index (χ2v) is 5.20. The van der Waals surface area contributed by atoms with Crippen LogP contribution in [-0.4, -0.2) is 12.6 Å². The van der Waals surface area contributed by atoms with Crippen molar-refractivity contribution in [1.29, 1.82) is 0 Å². The molecule has 0 fully saturated rings. The number of nitrogens with one attached hydrogen (secondary N) is 1. The molecular formula is C12H20ClNS. The highest BCUT2D eigenvalue weighted by molar-refractivity contribution is 7.10. The van der Waals surface area contributed by atoms with Crippen LogP contribution >= 0.6 is 22.9 Å². The van der Waals surface area contributed by atoms with Crippen molar-refractivity contribution in [3.8, 4) is 0 Å². The van der Waals surface area contributed by atoms with Crippen LogP contribution in [0.5, 0.6) is 0 Å². The van der Waals surface area contributed by atoms with E-state index in [1.165, 1.54) is 24.1 Å². The lowest BCUT2D eigenvalue weighted by Crippen LogP contribution is -2.29. The molecule has 1 aromatic rings. The summed E-state index contributed by atoms with van der Waals surface area (Å²) < 4.78 is 0. The van der Waals surface area contributed by atoms with Crippen molar-refractivity contribution in [2.24, 2.45) is 0 Å². The van der Waals surface area contributed by atoms with Crippen LogP contribution in [0.25, 0.3) is 0 Å². The Morgan fingerprint density at radius 3 is 2.80 bits per heavy atom. The molecule has 0 saturated carbocycles. The predicted octanol–water partition coefficient (Wildman–Crippen LogP) is 4.11. The molecule has 1 aromatic heterocycles. The molecule has 0 aliphatic heterocycles. The zero-order chi connectivity index (χ0) is 11.1. The van der Waals surface area contributed by atoms with E-state index in [2.05, 4.69) is 24.5 Å². The van der Waals surface area contributed by atoms with Gasteiger partial charge in [-0.15, -0.1) is 11.3 Å². The van der Waals surface area contributed by atoms with Gasteiger partial charge in [-0.3, -0.25) is 0 Å². The average Bonchev–Trinajstić information content (AvgIpc) is 2.65. The van der Waals surface area contributed by atoms with Crippen molar-refractivity contribution in [3.63, 3.8) is 0 Å². The molecule has 1 atom stereocenters. The van der Waals surface area contributed by atoms with E-state index in [0.717, 1.165) is 18.0 Å². The summed E-state index contributed by atoms with van der Waals surface area (Å²) in [5.41, 5.74) is 0. The lowest BCUT2D eigenvalue weighted by atomic mass is 10.1. The van der Waals surface area contributed by atoms with Gasteiger partial charge in [0, 0.05) is 10.9 Å². The first-order chi connectivity index (χ1) is 7.27. The zero-order valence-electron chi connectivity index (χ0n) is 9.55. The van der Waals surface area contributed by atoms with E-state index in [-0.39, 0.29) is 0 Å². The smallest absolute Gasteiger partial charge is 0.0544 e. The van der Waals surface area contributed by atoms with Crippen molar-refractivity contribution in [1.82, 2.24) is 5.32 Å². The van der Waals surface area contributed by atoms with E-state index in [0.29, 0.717) is 6.04 Å². The summed E-state index contributed by atoms with van der Waals surface area (Å²) >= 11 is 7.83. The highest BCUT2D eigenvalue weighted by atomic mass is 35.5. The molecule has 0 saturated heterocycles. The monoisotopic (exact) mass is 245 g/mol. The molecule has 0 spiro atoms. The van der Waals surface area contributed by atoms with Crippen LogP contribution in [0.3, 0.4) is 0 Å². The second-order valence-electron chi connectivity index (χ2n) is 3.79. The van der Waals surface area contributed by atoms with Crippen LogP contribution in [0.4, 0.5) is 0 Å². The molecule has 0 radical (unpaired) electrons. The summed E-state index contributed by atoms with van der Waals surface area (Å²) in [6.07, 6.45) is 4.70. The fourth-order valence-corrected chi connectivity index (χ4v) is 2.76. The van der Waals surface area contributed by atoms with Crippen LogP contribution in [0.2, 0.25) is 5.02 Å². The van der Waals surface area contributed by atoms with Crippen LogP contribution in [0.1, 0.15) is 38.0 Å². The molecule has 0 aromatic carbocycles. The molecule has 1 N–H and O–H groups in total. The molecule has 1 heterocycles. The Kier molecular flexibility index (Phi) is 6.30. The van der Waals surface area contributed by atoms with E-state index < -0.39 is 0 Å². The van der Waals surface area contributed by atoms with Gasteiger partial charge < -0.3 is 5.32 Å². The number of hydrogen-bond acceptors (Lipinski definition) is 2. The maximum absolute atomic E-state index is 6.06. The molecule has 0 amide bonds. The fraction of sp³-hybridized carbons (Fsp3) is 0.667. The van der Waals surface area contributed by atoms with Crippen LogP contribution < -0.4 is 5.32 Å².